The van der Waals surface area contributed by atoms with Crippen LogP contribution in [-0.2, 0) is 0 Å². The number of aromatic nitrogens is 3. The summed E-state index contributed by atoms with van der Waals surface area (Å²) in [7, 11) is 0. The van der Waals surface area contributed by atoms with Gasteiger partial charge in [-0.2, -0.15) is 0 Å². The average Bonchev–Trinajstić information content (AvgIpc) is 3.72. The van der Waals surface area contributed by atoms with Crippen LogP contribution in [0.5, 0.6) is 0 Å². The van der Waals surface area contributed by atoms with E-state index in [0.29, 0.717) is 17.5 Å². The lowest BCUT2D eigenvalue weighted by molar-refractivity contribution is 0.669. The predicted octanol–water partition coefficient (Wildman–Crippen LogP) is 13.2. The van der Waals surface area contributed by atoms with Gasteiger partial charge in [0.2, 0.25) is 0 Å². The highest BCUT2D eigenvalue weighted by Gasteiger charge is 2.18. The van der Waals surface area contributed by atoms with Crippen molar-refractivity contribution in [3.8, 4) is 56.4 Å². The summed E-state index contributed by atoms with van der Waals surface area (Å²) in [5, 5.41) is 10.1. The molecule has 9 aromatic carbocycles. The topological polar surface area (TPSA) is 51.8 Å². The molecule has 12 rings (SSSR count). The lowest BCUT2D eigenvalue weighted by Crippen LogP contribution is -2.30. The second-order valence-electron chi connectivity index (χ2n) is 15.9. The quantitative estimate of drug-likeness (QED) is 0.158. The van der Waals surface area contributed by atoms with Gasteiger partial charge in [-0.25, -0.2) is 15.0 Å². The van der Waals surface area contributed by atoms with E-state index in [2.05, 4.69) is 170 Å². The second kappa shape index (κ2) is 14.4. The van der Waals surface area contributed by atoms with Crippen LogP contribution in [0.3, 0.4) is 0 Å². The smallest absolute Gasteiger partial charge is 0.164 e. The fraction of sp³-hybridized carbons (Fsp3) is 0.0351. The minimum atomic E-state index is 0.278. The van der Waals surface area contributed by atoms with Crippen molar-refractivity contribution in [2.45, 2.75) is 12.3 Å². The molecule has 61 heavy (non-hydrogen) atoms. The van der Waals surface area contributed by atoms with Gasteiger partial charge in [0.05, 0.1) is 0 Å². The van der Waals surface area contributed by atoms with Gasteiger partial charge in [-0.1, -0.05) is 176 Å². The Morgan fingerprint density at radius 3 is 1.62 bits per heavy atom. The molecule has 2 aromatic heterocycles. The van der Waals surface area contributed by atoms with E-state index < -0.39 is 0 Å². The number of hydrogen-bond acceptors (Lipinski definition) is 4. The van der Waals surface area contributed by atoms with Crippen molar-refractivity contribution in [1.82, 2.24) is 15.0 Å². The summed E-state index contributed by atoms with van der Waals surface area (Å²) in [5.74, 6) is 2.11. The van der Waals surface area contributed by atoms with Crippen LogP contribution in [0, 0.1) is 0 Å². The first kappa shape index (κ1) is 35.0. The summed E-state index contributed by atoms with van der Waals surface area (Å²) in [6.07, 6.45) is 5.90. The van der Waals surface area contributed by atoms with Crippen LogP contribution in [0.25, 0.3) is 112 Å². The molecule has 0 radical (unpaired) electrons. The maximum atomic E-state index is 6.54. The van der Waals surface area contributed by atoms with Crippen molar-refractivity contribution >= 4 is 55.6 Å². The molecular weight excluding hydrogens is 743 g/mol. The van der Waals surface area contributed by atoms with Crippen molar-refractivity contribution in [3.05, 3.63) is 210 Å². The van der Waals surface area contributed by atoms with Gasteiger partial charge in [0.15, 0.2) is 17.5 Å². The van der Waals surface area contributed by atoms with Crippen LogP contribution in [0.4, 0.5) is 0 Å². The molecule has 0 fully saturated rings. The molecule has 0 spiro atoms. The zero-order valence-corrected chi connectivity index (χ0v) is 33.2. The molecule has 4 nitrogen and oxygen atoms in total. The van der Waals surface area contributed by atoms with Crippen LogP contribution >= 0.6 is 0 Å². The highest BCUT2D eigenvalue weighted by molar-refractivity contribution is 6.09. The van der Waals surface area contributed by atoms with E-state index in [1.807, 2.05) is 36.4 Å². The zero-order chi connectivity index (χ0) is 40.3. The lowest BCUT2D eigenvalue weighted by Gasteiger charge is -2.18. The molecule has 0 N–H and O–H groups in total. The highest BCUT2D eigenvalue weighted by atomic mass is 16.3. The fourth-order valence-electron chi connectivity index (χ4n) is 9.21. The van der Waals surface area contributed by atoms with Crippen LogP contribution in [0.1, 0.15) is 17.9 Å². The lowest BCUT2D eigenvalue weighted by atomic mass is 9.86. The molecule has 0 saturated heterocycles. The fourth-order valence-corrected chi connectivity index (χ4v) is 9.21. The van der Waals surface area contributed by atoms with Crippen LogP contribution in [0.2, 0.25) is 0 Å². The largest absolute Gasteiger partial charge is 0.456 e. The van der Waals surface area contributed by atoms with Crippen molar-refractivity contribution in [2.24, 2.45) is 0 Å². The van der Waals surface area contributed by atoms with Crippen molar-refractivity contribution in [2.75, 3.05) is 0 Å². The monoisotopic (exact) mass is 779 g/mol. The number of rotatable bonds is 6. The Morgan fingerprint density at radius 2 is 0.885 bits per heavy atom. The van der Waals surface area contributed by atoms with Gasteiger partial charge in [0.25, 0.3) is 0 Å². The molecule has 2 heterocycles. The standard InChI is InChI=1S/C57H37N3O/c1-3-13-36(14-4-1)38-17-12-20-43(32-38)56-58-55(37-15-5-2-6-16-37)59-57(60-56)44-26-29-50-52-34-42(27-30-53(52)61-54(50)35-44)40-19-11-18-39(31-40)41-25-28-49-47-23-8-7-21-45(47)46-22-9-10-24-48(46)51(49)33-41/h1-24,26-35,41H,25H2. The predicted molar refractivity (Wildman–Crippen MR) is 251 cm³/mol. The summed E-state index contributed by atoms with van der Waals surface area (Å²) in [6.45, 7) is 0. The third-order valence-electron chi connectivity index (χ3n) is 12.2. The van der Waals surface area contributed by atoms with Crippen LogP contribution in [-0.4, -0.2) is 15.0 Å². The molecular formula is C57H37N3O. The summed E-state index contributed by atoms with van der Waals surface area (Å²) in [6, 6.07) is 68.4. The van der Waals surface area contributed by atoms with Crippen molar-refractivity contribution in [3.63, 3.8) is 0 Å². The third-order valence-corrected chi connectivity index (χ3v) is 12.2. The minimum absolute atomic E-state index is 0.278. The Hall–Kier alpha value is -7.95. The SMILES string of the molecule is C1=c2c(c3ccccc3c3ccccc23)=CC(c2cccc(-c3ccc4oc5cc(-c6nc(-c7ccccc7)nc(-c7cccc(-c8ccccc8)c7)n6)ccc5c4c3)c2)C1. The van der Waals surface area contributed by atoms with Crippen molar-refractivity contribution < 1.29 is 4.42 Å². The van der Waals surface area contributed by atoms with Gasteiger partial charge in [0.1, 0.15) is 11.2 Å². The summed E-state index contributed by atoms with van der Waals surface area (Å²) < 4.78 is 6.54. The first-order valence-corrected chi connectivity index (χ1v) is 20.9. The first-order valence-electron chi connectivity index (χ1n) is 20.9. The summed E-state index contributed by atoms with van der Waals surface area (Å²) in [5.41, 5.74) is 10.3. The Labute approximate surface area is 352 Å². The van der Waals surface area contributed by atoms with Crippen LogP contribution < -0.4 is 10.4 Å². The Kier molecular flexibility index (Phi) is 8.27. The summed E-state index contributed by atoms with van der Waals surface area (Å²) >= 11 is 0. The molecule has 11 aromatic rings. The Morgan fingerprint density at radius 1 is 0.344 bits per heavy atom. The molecule has 286 valence electrons. The number of furan rings is 1. The normalized spacial score (nSPS) is 13.6. The highest BCUT2D eigenvalue weighted by Crippen LogP contribution is 2.37. The number of nitrogens with zero attached hydrogens (tertiary/aromatic N) is 3. The van der Waals surface area contributed by atoms with Gasteiger partial charge in [-0.05, 0) is 96.6 Å². The second-order valence-corrected chi connectivity index (χ2v) is 15.9. The van der Waals surface area contributed by atoms with E-state index in [-0.39, 0.29) is 5.92 Å². The molecule has 1 atom stereocenters. The average molecular weight is 780 g/mol. The molecule has 1 aliphatic carbocycles. The number of fused-ring (bicyclic) bond motifs is 9. The van der Waals surface area contributed by atoms with E-state index in [0.717, 1.165) is 61.7 Å². The van der Waals surface area contributed by atoms with E-state index >= 15 is 0 Å². The molecule has 0 bridgehead atoms. The zero-order valence-electron chi connectivity index (χ0n) is 33.2. The number of hydrogen-bond donors (Lipinski definition) is 0. The summed E-state index contributed by atoms with van der Waals surface area (Å²) in [4.78, 5) is 15.1. The molecule has 0 aliphatic heterocycles. The number of benzene rings is 9. The molecule has 0 saturated carbocycles. The molecule has 0 amide bonds. The van der Waals surface area contributed by atoms with E-state index in [1.165, 1.54) is 43.1 Å². The van der Waals surface area contributed by atoms with E-state index in [4.69, 9.17) is 19.4 Å². The van der Waals surface area contributed by atoms with Gasteiger partial charge < -0.3 is 4.42 Å². The van der Waals surface area contributed by atoms with Gasteiger partial charge in [-0.3, -0.25) is 0 Å². The minimum Gasteiger partial charge on any atom is -0.456 e. The first-order chi connectivity index (χ1) is 30.2. The maximum Gasteiger partial charge on any atom is 0.164 e. The Balaban J connectivity index is 0.909. The maximum absolute atomic E-state index is 6.54. The van der Waals surface area contributed by atoms with Crippen molar-refractivity contribution in [1.29, 1.82) is 0 Å². The van der Waals surface area contributed by atoms with E-state index in [1.54, 1.807) is 0 Å². The molecule has 4 heteroatoms. The molecule has 1 aliphatic rings. The van der Waals surface area contributed by atoms with Gasteiger partial charge in [-0.15, -0.1) is 0 Å². The Bertz CT molecular complexity index is 3630. The molecule has 1 unspecified atom stereocenters. The van der Waals surface area contributed by atoms with Gasteiger partial charge in [0, 0.05) is 33.4 Å². The van der Waals surface area contributed by atoms with Gasteiger partial charge >= 0.3 is 0 Å². The third kappa shape index (κ3) is 6.20. The van der Waals surface area contributed by atoms with Crippen LogP contribution in [0.15, 0.2) is 199 Å². The van der Waals surface area contributed by atoms with E-state index in [9.17, 15) is 0 Å².